The minimum atomic E-state index is -0.588. The summed E-state index contributed by atoms with van der Waals surface area (Å²) in [5, 5.41) is 3.15. The lowest BCUT2D eigenvalue weighted by Gasteiger charge is -2.61. The van der Waals surface area contributed by atoms with E-state index in [1.165, 1.54) is 6.42 Å². The molecule has 3 rings (SSSR count). The van der Waals surface area contributed by atoms with Crippen molar-refractivity contribution in [2.24, 2.45) is 11.1 Å². The Balaban J connectivity index is 0.00000176. The lowest BCUT2D eigenvalue weighted by Crippen LogP contribution is -2.68. The number of ether oxygens (including phenoxy) is 1. The van der Waals surface area contributed by atoms with Crippen LogP contribution in [-0.4, -0.2) is 24.7 Å². The average molecular weight is 325 g/mol. The van der Waals surface area contributed by atoms with Gasteiger partial charge in [-0.25, -0.2) is 0 Å². The van der Waals surface area contributed by atoms with Gasteiger partial charge in [0.1, 0.15) is 6.04 Å². The molecule has 3 unspecified atom stereocenters. The topological polar surface area (TPSA) is 64.3 Å². The van der Waals surface area contributed by atoms with E-state index in [2.05, 4.69) is 5.32 Å². The molecular formula is C17H25ClN2O2. The van der Waals surface area contributed by atoms with E-state index in [-0.39, 0.29) is 29.8 Å². The van der Waals surface area contributed by atoms with E-state index in [1.807, 2.05) is 37.3 Å². The summed E-state index contributed by atoms with van der Waals surface area (Å²) >= 11 is 0. The molecule has 2 aliphatic carbocycles. The molecule has 0 bridgehead atoms. The van der Waals surface area contributed by atoms with Gasteiger partial charge in [0.25, 0.3) is 0 Å². The summed E-state index contributed by atoms with van der Waals surface area (Å²) in [5.74, 6) is -0.0765. The first-order valence-electron chi connectivity index (χ1n) is 7.90. The minimum Gasteiger partial charge on any atom is -0.378 e. The summed E-state index contributed by atoms with van der Waals surface area (Å²) in [6.07, 6.45) is 4.78. The van der Waals surface area contributed by atoms with Crippen molar-refractivity contribution in [3.05, 3.63) is 35.9 Å². The maximum Gasteiger partial charge on any atom is 0.241 e. The van der Waals surface area contributed by atoms with Crippen molar-refractivity contribution in [1.29, 1.82) is 0 Å². The molecule has 0 aliphatic heterocycles. The van der Waals surface area contributed by atoms with E-state index in [0.717, 1.165) is 31.4 Å². The van der Waals surface area contributed by atoms with Gasteiger partial charge in [0.2, 0.25) is 5.91 Å². The second kappa shape index (κ2) is 6.99. The lowest BCUT2D eigenvalue weighted by atomic mass is 9.51. The van der Waals surface area contributed by atoms with Gasteiger partial charge in [-0.3, -0.25) is 4.79 Å². The van der Waals surface area contributed by atoms with Gasteiger partial charge in [-0.05, 0) is 31.7 Å². The number of carbonyl (C=O) groups is 1. The van der Waals surface area contributed by atoms with Crippen molar-refractivity contribution in [2.75, 3.05) is 6.61 Å². The summed E-state index contributed by atoms with van der Waals surface area (Å²) in [6, 6.07) is 9.17. The Morgan fingerprint density at radius 3 is 2.64 bits per heavy atom. The first kappa shape index (κ1) is 17.3. The summed E-state index contributed by atoms with van der Waals surface area (Å²) < 4.78 is 5.81. The Bertz CT molecular complexity index is 505. The highest BCUT2D eigenvalue weighted by Gasteiger charge is 2.59. The van der Waals surface area contributed by atoms with Crippen LogP contribution in [0, 0.1) is 5.41 Å². The standard InChI is InChI=1S/C17H24N2O2.ClH/c1-2-21-14-11-13(17(14)9-6-10-17)19-16(20)15(18)12-7-4-3-5-8-12;/h3-5,7-8,13-15H,2,6,9-11,18H2,1H3,(H,19,20);1H. The molecule has 2 aliphatic rings. The predicted octanol–water partition coefficient (Wildman–Crippen LogP) is 2.57. The molecule has 1 aromatic rings. The maximum atomic E-state index is 12.4. The van der Waals surface area contributed by atoms with Crippen LogP contribution in [0.25, 0.3) is 0 Å². The zero-order valence-electron chi connectivity index (χ0n) is 13.0. The van der Waals surface area contributed by atoms with Crippen molar-refractivity contribution >= 4 is 18.3 Å². The van der Waals surface area contributed by atoms with E-state index >= 15 is 0 Å². The van der Waals surface area contributed by atoms with Gasteiger partial charge < -0.3 is 15.8 Å². The van der Waals surface area contributed by atoms with Crippen LogP contribution in [0.3, 0.4) is 0 Å². The third kappa shape index (κ3) is 2.87. The van der Waals surface area contributed by atoms with E-state index in [0.29, 0.717) is 6.10 Å². The zero-order valence-corrected chi connectivity index (χ0v) is 13.8. The molecule has 0 aromatic heterocycles. The summed E-state index contributed by atoms with van der Waals surface area (Å²) in [7, 11) is 0. The fourth-order valence-electron chi connectivity index (χ4n) is 3.71. The number of nitrogens with one attached hydrogen (secondary N) is 1. The lowest BCUT2D eigenvalue weighted by molar-refractivity contribution is -0.176. The molecule has 1 aromatic carbocycles. The van der Waals surface area contributed by atoms with Gasteiger partial charge in [-0.2, -0.15) is 0 Å². The Morgan fingerprint density at radius 1 is 1.41 bits per heavy atom. The summed E-state index contributed by atoms with van der Waals surface area (Å²) in [5.41, 5.74) is 7.11. The number of rotatable bonds is 5. The Hall–Kier alpha value is -1.10. The van der Waals surface area contributed by atoms with Crippen molar-refractivity contribution in [1.82, 2.24) is 5.32 Å². The fourth-order valence-corrected chi connectivity index (χ4v) is 3.71. The van der Waals surface area contributed by atoms with Crippen molar-refractivity contribution in [2.45, 2.75) is 50.8 Å². The summed E-state index contributed by atoms with van der Waals surface area (Å²) in [4.78, 5) is 12.4. The number of hydrogen-bond acceptors (Lipinski definition) is 3. The van der Waals surface area contributed by atoms with Gasteiger partial charge in [0.05, 0.1) is 6.10 Å². The maximum absolute atomic E-state index is 12.4. The Kier molecular flexibility index (Phi) is 5.48. The Labute approximate surface area is 138 Å². The molecule has 2 fully saturated rings. The molecular weight excluding hydrogens is 300 g/mol. The van der Waals surface area contributed by atoms with Gasteiger partial charge in [-0.1, -0.05) is 36.8 Å². The SMILES string of the molecule is CCOC1CC(NC(=O)C(N)c2ccccc2)C12CCC2.Cl. The van der Waals surface area contributed by atoms with Gasteiger partial charge in [0, 0.05) is 18.1 Å². The second-order valence-electron chi connectivity index (χ2n) is 6.22. The predicted molar refractivity (Wildman–Crippen MR) is 88.9 cm³/mol. The van der Waals surface area contributed by atoms with Gasteiger partial charge >= 0.3 is 0 Å². The van der Waals surface area contributed by atoms with Crippen LogP contribution < -0.4 is 11.1 Å². The molecule has 1 spiro atoms. The minimum absolute atomic E-state index is 0. The van der Waals surface area contributed by atoms with Crippen LogP contribution in [0.5, 0.6) is 0 Å². The quantitative estimate of drug-likeness (QED) is 0.875. The van der Waals surface area contributed by atoms with Crippen LogP contribution in [0.15, 0.2) is 30.3 Å². The van der Waals surface area contributed by atoms with E-state index in [9.17, 15) is 4.79 Å². The normalized spacial score (nSPS) is 26.3. The van der Waals surface area contributed by atoms with E-state index in [1.54, 1.807) is 0 Å². The molecule has 22 heavy (non-hydrogen) atoms. The number of nitrogens with two attached hydrogens (primary N) is 1. The third-order valence-corrected chi connectivity index (χ3v) is 5.19. The van der Waals surface area contributed by atoms with Crippen LogP contribution in [0.1, 0.15) is 44.2 Å². The van der Waals surface area contributed by atoms with E-state index in [4.69, 9.17) is 10.5 Å². The largest absolute Gasteiger partial charge is 0.378 e. The number of hydrogen-bond donors (Lipinski definition) is 2. The molecule has 3 N–H and O–H groups in total. The van der Waals surface area contributed by atoms with Gasteiger partial charge in [0.15, 0.2) is 0 Å². The second-order valence-corrected chi connectivity index (χ2v) is 6.22. The first-order valence-corrected chi connectivity index (χ1v) is 7.90. The Morgan fingerprint density at radius 2 is 2.09 bits per heavy atom. The van der Waals surface area contributed by atoms with Crippen molar-refractivity contribution in [3.63, 3.8) is 0 Å². The van der Waals surface area contributed by atoms with Crippen LogP contribution in [0.2, 0.25) is 0 Å². The number of amides is 1. The van der Waals surface area contributed by atoms with Crippen LogP contribution >= 0.6 is 12.4 Å². The molecule has 3 atom stereocenters. The van der Waals surface area contributed by atoms with Gasteiger partial charge in [-0.15, -0.1) is 12.4 Å². The van der Waals surface area contributed by atoms with Crippen molar-refractivity contribution < 1.29 is 9.53 Å². The van der Waals surface area contributed by atoms with Crippen molar-refractivity contribution in [3.8, 4) is 0 Å². The molecule has 4 nitrogen and oxygen atoms in total. The third-order valence-electron chi connectivity index (χ3n) is 5.19. The fraction of sp³-hybridized carbons (Fsp3) is 0.588. The summed E-state index contributed by atoms with van der Waals surface area (Å²) in [6.45, 7) is 2.78. The first-order chi connectivity index (χ1) is 10.2. The van der Waals surface area contributed by atoms with Crippen LogP contribution in [-0.2, 0) is 9.53 Å². The molecule has 122 valence electrons. The molecule has 0 heterocycles. The molecule has 2 saturated carbocycles. The number of carbonyl (C=O) groups excluding carboxylic acids is 1. The highest BCUT2D eigenvalue weighted by atomic mass is 35.5. The average Bonchev–Trinajstić information content (AvgIpc) is 2.44. The monoisotopic (exact) mass is 324 g/mol. The molecule has 0 saturated heterocycles. The molecule has 0 radical (unpaired) electrons. The van der Waals surface area contributed by atoms with Crippen LogP contribution in [0.4, 0.5) is 0 Å². The van der Waals surface area contributed by atoms with E-state index < -0.39 is 6.04 Å². The highest BCUT2D eigenvalue weighted by molar-refractivity contribution is 5.85. The zero-order chi connectivity index (χ0) is 14.9. The molecule has 5 heteroatoms. The highest BCUT2D eigenvalue weighted by Crippen LogP contribution is 2.57. The number of halogens is 1. The number of benzene rings is 1. The smallest absolute Gasteiger partial charge is 0.241 e. The molecule has 1 amide bonds.